The van der Waals surface area contributed by atoms with E-state index in [4.69, 9.17) is 4.84 Å². The lowest BCUT2D eigenvalue weighted by atomic mass is 10.2. The van der Waals surface area contributed by atoms with E-state index in [0.29, 0.717) is 0 Å². The maximum absolute atomic E-state index is 12.6. The first-order valence-corrected chi connectivity index (χ1v) is 12.1. The second kappa shape index (κ2) is 12.3. The minimum absolute atomic E-state index is 0. The molecule has 11 nitrogen and oxygen atoms in total. The van der Waals surface area contributed by atoms with Gasteiger partial charge in [0, 0.05) is 38.6 Å². The van der Waals surface area contributed by atoms with Crippen molar-refractivity contribution in [2.45, 2.75) is 37.3 Å². The molecule has 1 fully saturated rings. The zero-order valence-electron chi connectivity index (χ0n) is 17.4. The third-order valence-electron chi connectivity index (χ3n) is 3.90. The van der Waals surface area contributed by atoms with E-state index in [2.05, 4.69) is 20.5 Å². The second-order valence-corrected chi connectivity index (χ2v) is 11.3. The van der Waals surface area contributed by atoms with Crippen LogP contribution in [0.1, 0.15) is 20.8 Å². The number of piperazine rings is 1. The topological polar surface area (TPSA) is 147 Å². The Balaban J connectivity index is 0.00000450. The van der Waals surface area contributed by atoms with Gasteiger partial charge in [-0.1, -0.05) is 0 Å². The summed E-state index contributed by atoms with van der Waals surface area (Å²) >= 11 is 0. The summed E-state index contributed by atoms with van der Waals surface area (Å²) in [6.07, 6.45) is 2.61. The minimum Gasteiger partial charge on any atom is -0.303 e. The summed E-state index contributed by atoms with van der Waals surface area (Å²) in [5, 5.41) is 2.94. The highest BCUT2D eigenvalue weighted by molar-refractivity contribution is 7.90. The Morgan fingerprint density at radius 2 is 1.97 bits per heavy atom. The molecule has 0 unspecified atom stereocenters. The Hall–Kier alpha value is -1.06. The van der Waals surface area contributed by atoms with Crippen molar-refractivity contribution in [1.82, 2.24) is 24.8 Å². The van der Waals surface area contributed by atoms with E-state index >= 15 is 0 Å². The van der Waals surface area contributed by atoms with Crippen LogP contribution in [0.15, 0.2) is 29.4 Å². The summed E-state index contributed by atoms with van der Waals surface area (Å²) in [7, 11) is -7.62. The van der Waals surface area contributed by atoms with E-state index in [1.807, 2.05) is 0 Å². The van der Waals surface area contributed by atoms with Gasteiger partial charge in [-0.3, -0.25) is 14.6 Å². The van der Waals surface area contributed by atoms with Crippen LogP contribution in [0.3, 0.4) is 0 Å². The molecule has 0 saturated carbocycles. The number of nitrogens with zero attached hydrogens (tertiary/aromatic N) is 2. The maximum Gasteiger partial charge on any atom is 0.262 e. The van der Waals surface area contributed by atoms with Gasteiger partial charge in [0.25, 0.3) is 5.91 Å². The van der Waals surface area contributed by atoms with Crippen LogP contribution in [-0.4, -0.2) is 75.6 Å². The molecular weight excluding hydrogens is 493 g/mol. The Morgan fingerprint density at radius 1 is 1.29 bits per heavy atom. The summed E-state index contributed by atoms with van der Waals surface area (Å²) in [6, 6.07) is 2.07. The van der Waals surface area contributed by atoms with Gasteiger partial charge in [-0.2, -0.15) is 4.31 Å². The van der Waals surface area contributed by atoms with E-state index in [0.717, 1.165) is 0 Å². The first-order valence-electron chi connectivity index (χ1n) is 8.99. The van der Waals surface area contributed by atoms with E-state index in [9.17, 15) is 21.6 Å². The van der Waals surface area contributed by atoms with Gasteiger partial charge in [0.1, 0.15) is 10.9 Å². The molecule has 1 aliphatic rings. The molecule has 2 heterocycles. The van der Waals surface area contributed by atoms with Gasteiger partial charge in [-0.25, -0.2) is 27.0 Å². The van der Waals surface area contributed by atoms with Crippen molar-refractivity contribution in [3.8, 4) is 0 Å². The largest absolute Gasteiger partial charge is 0.303 e. The lowest BCUT2D eigenvalue weighted by Crippen LogP contribution is -2.59. The molecule has 15 heteroatoms. The molecular formula is C16H29Cl2N5O6S2. The van der Waals surface area contributed by atoms with Gasteiger partial charge in [0.2, 0.25) is 20.0 Å². The number of aromatic nitrogens is 1. The van der Waals surface area contributed by atoms with E-state index in [-0.39, 0.29) is 55.9 Å². The van der Waals surface area contributed by atoms with E-state index < -0.39 is 43.3 Å². The molecule has 3 N–H and O–H groups in total. The van der Waals surface area contributed by atoms with Crippen LogP contribution < -0.4 is 15.5 Å². The Bertz CT molecular complexity index is 910. The summed E-state index contributed by atoms with van der Waals surface area (Å²) < 4.78 is 52.9. The van der Waals surface area contributed by atoms with Crippen LogP contribution >= 0.6 is 24.8 Å². The van der Waals surface area contributed by atoms with Gasteiger partial charge in [0.05, 0.1) is 11.4 Å². The predicted molar refractivity (Wildman–Crippen MR) is 120 cm³/mol. The molecule has 1 saturated heterocycles. The fraction of sp³-hybridized carbons (Fsp3) is 0.625. The smallest absolute Gasteiger partial charge is 0.262 e. The Kier molecular flexibility index (Phi) is 11.8. The number of rotatable bonds is 8. The second-order valence-electron chi connectivity index (χ2n) is 7.45. The fourth-order valence-corrected chi connectivity index (χ4v) is 4.94. The van der Waals surface area contributed by atoms with Crippen molar-refractivity contribution >= 4 is 50.8 Å². The maximum atomic E-state index is 12.6. The summed E-state index contributed by atoms with van der Waals surface area (Å²) in [6.45, 7) is 5.40. The number of halogens is 2. The molecule has 1 aromatic heterocycles. The number of hydrogen-bond donors (Lipinski definition) is 3. The van der Waals surface area contributed by atoms with Crippen molar-refractivity contribution in [2.24, 2.45) is 0 Å². The average Bonchev–Trinajstić information content (AvgIpc) is 2.66. The fourth-order valence-electron chi connectivity index (χ4n) is 2.45. The van der Waals surface area contributed by atoms with Crippen molar-refractivity contribution < 1.29 is 26.5 Å². The van der Waals surface area contributed by atoms with Crippen molar-refractivity contribution in [3.63, 3.8) is 0 Å². The highest BCUT2D eigenvalue weighted by atomic mass is 35.5. The van der Waals surface area contributed by atoms with Crippen LogP contribution in [0.5, 0.6) is 0 Å². The van der Waals surface area contributed by atoms with Crippen molar-refractivity contribution in [1.29, 1.82) is 0 Å². The van der Waals surface area contributed by atoms with Gasteiger partial charge in [0.15, 0.2) is 0 Å². The number of nitrogens with one attached hydrogen (secondary N) is 3. The Morgan fingerprint density at radius 3 is 2.55 bits per heavy atom. The third kappa shape index (κ3) is 9.53. The predicted octanol–water partition coefficient (Wildman–Crippen LogP) is -0.347. The van der Waals surface area contributed by atoms with Crippen LogP contribution in [0.2, 0.25) is 0 Å². The van der Waals surface area contributed by atoms with Crippen LogP contribution in [0.25, 0.3) is 0 Å². The molecule has 0 spiro atoms. The molecule has 1 atom stereocenters. The normalized spacial score (nSPS) is 17.8. The standard InChI is InChI=1S/C16H27N5O6S2.2ClH/c1-16(2,3)27-20-15(22)14-12-21(9-7-18-14)28(23,24)10-8-19-29(25,26)13-5-4-6-17-11-13;;/h4-6,11,14,18-19H,7-10,12H2,1-3H3,(H,20,22);2*1H/t14-;;/m1../s1. The molecule has 1 aliphatic heterocycles. The van der Waals surface area contributed by atoms with E-state index in [1.54, 1.807) is 20.8 Å². The minimum atomic E-state index is -3.85. The lowest BCUT2D eigenvalue weighted by Gasteiger charge is -2.32. The van der Waals surface area contributed by atoms with Crippen molar-refractivity contribution in [2.75, 3.05) is 31.9 Å². The SMILES string of the molecule is CC(C)(C)ONC(=O)[C@H]1CN(S(=O)(=O)CCNS(=O)(=O)c2cccnc2)CCN1.Cl.Cl. The average molecular weight is 522 g/mol. The summed E-state index contributed by atoms with van der Waals surface area (Å²) in [5.74, 6) is -0.906. The van der Waals surface area contributed by atoms with Crippen molar-refractivity contribution in [3.05, 3.63) is 24.5 Å². The van der Waals surface area contributed by atoms with Gasteiger partial charge in [-0.05, 0) is 32.9 Å². The summed E-state index contributed by atoms with van der Waals surface area (Å²) in [5.41, 5.74) is 1.74. The van der Waals surface area contributed by atoms with Gasteiger partial charge in [-0.15, -0.1) is 24.8 Å². The third-order valence-corrected chi connectivity index (χ3v) is 7.19. The van der Waals surface area contributed by atoms with Gasteiger partial charge < -0.3 is 5.32 Å². The van der Waals surface area contributed by atoms with Gasteiger partial charge >= 0.3 is 0 Å². The number of hydrogen-bond acceptors (Lipinski definition) is 8. The molecule has 31 heavy (non-hydrogen) atoms. The lowest BCUT2D eigenvalue weighted by molar-refractivity contribution is -0.148. The highest BCUT2D eigenvalue weighted by Crippen LogP contribution is 2.10. The zero-order valence-corrected chi connectivity index (χ0v) is 20.7. The Labute approximate surface area is 195 Å². The number of carbonyl (C=O) groups excluding carboxylic acids is 1. The number of amides is 1. The number of hydroxylamine groups is 1. The first kappa shape index (κ1) is 29.9. The number of pyridine rings is 1. The van der Waals surface area contributed by atoms with Crippen LogP contribution in [0, 0.1) is 0 Å². The molecule has 2 rings (SSSR count). The van der Waals surface area contributed by atoms with Crippen LogP contribution in [-0.2, 0) is 29.7 Å². The number of sulfonamides is 2. The molecule has 0 bridgehead atoms. The zero-order chi connectivity index (χ0) is 21.7. The molecule has 0 aromatic carbocycles. The molecule has 1 aromatic rings. The molecule has 1 amide bonds. The highest BCUT2D eigenvalue weighted by Gasteiger charge is 2.32. The molecule has 0 aliphatic carbocycles. The van der Waals surface area contributed by atoms with Crippen LogP contribution in [0.4, 0.5) is 0 Å². The first-order chi connectivity index (χ1) is 13.4. The summed E-state index contributed by atoms with van der Waals surface area (Å²) in [4.78, 5) is 21.1. The molecule has 180 valence electrons. The molecule has 0 radical (unpaired) electrons. The number of carbonyl (C=O) groups is 1. The quantitative estimate of drug-likeness (QED) is 0.393. The monoisotopic (exact) mass is 521 g/mol. The van der Waals surface area contributed by atoms with E-state index in [1.165, 1.54) is 28.8 Å².